The van der Waals surface area contributed by atoms with E-state index in [1.54, 1.807) is 20.5 Å². The van der Waals surface area contributed by atoms with Gasteiger partial charge in [0, 0.05) is 10.4 Å². The fraction of sp³-hybridized carbons (Fsp3) is 0.333. The SMILES string of the molecule is COc1ccc(CC(Br)c2coc(C)c2)cc1OC. The van der Waals surface area contributed by atoms with Crippen molar-refractivity contribution in [2.75, 3.05) is 14.2 Å². The maximum Gasteiger partial charge on any atom is 0.160 e. The molecule has 1 aromatic heterocycles. The number of methoxy groups -OCH3 is 2. The van der Waals surface area contributed by atoms with Crippen LogP contribution >= 0.6 is 15.9 Å². The third kappa shape index (κ3) is 3.32. The molecule has 0 aliphatic carbocycles. The standard InChI is InChI=1S/C15H17BrO3/c1-10-6-12(9-19-10)13(16)7-11-4-5-14(17-2)15(8-11)18-3/h4-6,8-9,13H,7H2,1-3H3. The second-order valence-corrected chi connectivity index (χ2v) is 5.46. The molecule has 0 N–H and O–H groups in total. The molecule has 0 spiro atoms. The first kappa shape index (κ1) is 14.0. The third-order valence-corrected chi connectivity index (χ3v) is 3.83. The molecule has 4 heteroatoms. The van der Waals surface area contributed by atoms with E-state index in [0.29, 0.717) is 0 Å². The van der Waals surface area contributed by atoms with Gasteiger partial charge in [0.1, 0.15) is 5.76 Å². The second-order valence-electron chi connectivity index (χ2n) is 4.35. The first-order chi connectivity index (χ1) is 9.13. The van der Waals surface area contributed by atoms with Crippen LogP contribution in [-0.2, 0) is 6.42 Å². The zero-order valence-electron chi connectivity index (χ0n) is 11.3. The fourth-order valence-electron chi connectivity index (χ4n) is 1.96. The summed E-state index contributed by atoms with van der Waals surface area (Å²) in [5.41, 5.74) is 2.32. The molecule has 0 saturated carbocycles. The first-order valence-corrected chi connectivity index (χ1v) is 6.95. The Balaban J connectivity index is 2.14. The van der Waals surface area contributed by atoms with Crippen molar-refractivity contribution in [3.05, 3.63) is 47.4 Å². The van der Waals surface area contributed by atoms with Crippen LogP contribution < -0.4 is 9.47 Å². The normalized spacial score (nSPS) is 12.2. The van der Waals surface area contributed by atoms with Crippen molar-refractivity contribution >= 4 is 15.9 Å². The average Bonchev–Trinajstić information content (AvgIpc) is 2.85. The van der Waals surface area contributed by atoms with Gasteiger partial charge in [-0.05, 0) is 37.1 Å². The summed E-state index contributed by atoms with van der Waals surface area (Å²) in [4.78, 5) is 0.225. The van der Waals surface area contributed by atoms with Crippen molar-refractivity contribution in [2.45, 2.75) is 18.2 Å². The quantitative estimate of drug-likeness (QED) is 0.769. The van der Waals surface area contributed by atoms with E-state index in [1.165, 1.54) is 5.56 Å². The monoisotopic (exact) mass is 324 g/mol. The van der Waals surface area contributed by atoms with Crippen LogP contribution in [0.1, 0.15) is 21.7 Å². The lowest BCUT2D eigenvalue weighted by atomic mass is 10.1. The van der Waals surface area contributed by atoms with Crippen LogP contribution in [0.3, 0.4) is 0 Å². The van der Waals surface area contributed by atoms with Crippen LogP contribution in [0.5, 0.6) is 11.5 Å². The third-order valence-electron chi connectivity index (χ3n) is 2.98. The molecule has 2 rings (SSSR count). The molecule has 19 heavy (non-hydrogen) atoms. The Labute approximate surface area is 121 Å². The molecule has 0 bridgehead atoms. The van der Waals surface area contributed by atoms with E-state index in [0.717, 1.165) is 29.2 Å². The minimum absolute atomic E-state index is 0.225. The van der Waals surface area contributed by atoms with Crippen LogP contribution in [-0.4, -0.2) is 14.2 Å². The summed E-state index contributed by atoms with van der Waals surface area (Å²) in [5.74, 6) is 2.42. The highest BCUT2D eigenvalue weighted by Crippen LogP contribution is 2.32. The topological polar surface area (TPSA) is 31.6 Å². The van der Waals surface area contributed by atoms with Crippen LogP contribution in [0.4, 0.5) is 0 Å². The van der Waals surface area contributed by atoms with Gasteiger partial charge in [-0.25, -0.2) is 0 Å². The Hall–Kier alpha value is -1.42. The largest absolute Gasteiger partial charge is 0.493 e. The van der Waals surface area contributed by atoms with Crippen LogP contribution in [0, 0.1) is 6.92 Å². The number of hydrogen-bond donors (Lipinski definition) is 0. The van der Waals surface area contributed by atoms with Gasteiger partial charge in [0.2, 0.25) is 0 Å². The van der Waals surface area contributed by atoms with Crippen molar-refractivity contribution in [1.29, 1.82) is 0 Å². The van der Waals surface area contributed by atoms with Crippen molar-refractivity contribution in [3.8, 4) is 11.5 Å². The van der Waals surface area contributed by atoms with Crippen LogP contribution in [0.2, 0.25) is 0 Å². The smallest absolute Gasteiger partial charge is 0.160 e. The van der Waals surface area contributed by atoms with Gasteiger partial charge >= 0.3 is 0 Å². The lowest BCUT2D eigenvalue weighted by Crippen LogP contribution is -1.96. The highest BCUT2D eigenvalue weighted by molar-refractivity contribution is 9.09. The summed E-state index contributed by atoms with van der Waals surface area (Å²) in [7, 11) is 3.28. The summed E-state index contributed by atoms with van der Waals surface area (Å²) in [5, 5.41) is 0. The molecule has 0 aliphatic rings. The van der Waals surface area contributed by atoms with Crippen molar-refractivity contribution in [3.63, 3.8) is 0 Å². The minimum Gasteiger partial charge on any atom is -0.493 e. The highest BCUT2D eigenvalue weighted by atomic mass is 79.9. The average molecular weight is 325 g/mol. The Morgan fingerprint density at radius 1 is 1.16 bits per heavy atom. The number of hydrogen-bond acceptors (Lipinski definition) is 3. The molecule has 1 atom stereocenters. The Morgan fingerprint density at radius 3 is 2.47 bits per heavy atom. The van der Waals surface area contributed by atoms with Gasteiger partial charge in [0.05, 0.1) is 20.5 Å². The van der Waals surface area contributed by atoms with E-state index < -0.39 is 0 Å². The zero-order valence-corrected chi connectivity index (χ0v) is 12.9. The molecule has 3 nitrogen and oxygen atoms in total. The second kappa shape index (κ2) is 6.15. The van der Waals surface area contributed by atoms with Crippen molar-refractivity contribution in [2.24, 2.45) is 0 Å². The summed E-state index contributed by atoms with van der Waals surface area (Å²) >= 11 is 3.69. The van der Waals surface area contributed by atoms with E-state index in [-0.39, 0.29) is 4.83 Å². The summed E-state index contributed by atoms with van der Waals surface area (Å²) in [6.45, 7) is 1.94. The van der Waals surface area contributed by atoms with Gasteiger partial charge in [-0.3, -0.25) is 0 Å². The van der Waals surface area contributed by atoms with Gasteiger partial charge in [-0.1, -0.05) is 22.0 Å². The van der Waals surface area contributed by atoms with Crippen molar-refractivity contribution in [1.82, 2.24) is 0 Å². The number of aryl methyl sites for hydroxylation is 1. The lowest BCUT2D eigenvalue weighted by molar-refractivity contribution is 0.354. The minimum atomic E-state index is 0.225. The molecular weight excluding hydrogens is 308 g/mol. The van der Waals surface area contributed by atoms with Gasteiger partial charge in [-0.2, -0.15) is 0 Å². The number of benzene rings is 1. The Morgan fingerprint density at radius 2 is 1.89 bits per heavy atom. The van der Waals surface area contributed by atoms with Gasteiger partial charge in [0.15, 0.2) is 11.5 Å². The number of alkyl halides is 1. The number of ether oxygens (including phenoxy) is 2. The lowest BCUT2D eigenvalue weighted by Gasteiger charge is -2.11. The predicted octanol–water partition coefficient (Wildman–Crippen LogP) is 4.28. The van der Waals surface area contributed by atoms with E-state index in [1.807, 2.05) is 31.2 Å². The number of halogens is 1. The maximum atomic E-state index is 5.33. The Bertz CT molecular complexity index is 548. The first-order valence-electron chi connectivity index (χ1n) is 6.04. The molecule has 1 aromatic carbocycles. The maximum absolute atomic E-state index is 5.33. The molecular formula is C15H17BrO3. The summed E-state index contributed by atoms with van der Waals surface area (Å²) in [6.07, 6.45) is 2.65. The predicted molar refractivity (Wildman–Crippen MR) is 78.4 cm³/mol. The molecule has 1 unspecified atom stereocenters. The van der Waals surface area contributed by atoms with Gasteiger partial charge in [0.25, 0.3) is 0 Å². The van der Waals surface area contributed by atoms with Crippen LogP contribution in [0.25, 0.3) is 0 Å². The Kier molecular flexibility index (Phi) is 4.53. The van der Waals surface area contributed by atoms with E-state index >= 15 is 0 Å². The van der Waals surface area contributed by atoms with Crippen LogP contribution in [0.15, 0.2) is 34.9 Å². The molecule has 0 aliphatic heterocycles. The van der Waals surface area contributed by atoms with E-state index in [2.05, 4.69) is 15.9 Å². The van der Waals surface area contributed by atoms with E-state index in [9.17, 15) is 0 Å². The molecule has 2 aromatic rings. The molecule has 102 valence electrons. The molecule has 0 fully saturated rings. The molecule has 0 radical (unpaired) electrons. The highest BCUT2D eigenvalue weighted by Gasteiger charge is 2.13. The summed E-state index contributed by atoms with van der Waals surface area (Å²) < 4.78 is 15.9. The molecule has 0 amide bonds. The fourth-order valence-corrected chi connectivity index (χ4v) is 2.57. The van der Waals surface area contributed by atoms with Crippen molar-refractivity contribution < 1.29 is 13.9 Å². The van der Waals surface area contributed by atoms with E-state index in [4.69, 9.17) is 13.9 Å². The van der Waals surface area contributed by atoms with Gasteiger partial charge < -0.3 is 13.9 Å². The number of rotatable bonds is 5. The zero-order chi connectivity index (χ0) is 13.8. The molecule has 0 saturated heterocycles. The number of furan rings is 1. The summed E-state index contributed by atoms with van der Waals surface area (Å²) in [6, 6.07) is 8.01. The van der Waals surface area contributed by atoms with Gasteiger partial charge in [-0.15, -0.1) is 0 Å². The molecule has 1 heterocycles.